The summed E-state index contributed by atoms with van der Waals surface area (Å²) in [5, 5.41) is 10.1. The van der Waals surface area contributed by atoms with Gasteiger partial charge in [0.1, 0.15) is 6.04 Å². The number of aliphatic hydroxyl groups excluding tert-OH is 1. The fraction of sp³-hybridized carbons (Fsp3) is 0.741. The molecule has 196 valence electrons. The lowest BCUT2D eigenvalue weighted by Gasteiger charge is -2.45. The van der Waals surface area contributed by atoms with E-state index >= 15 is 0 Å². The van der Waals surface area contributed by atoms with E-state index in [1.807, 2.05) is 27.7 Å². The summed E-state index contributed by atoms with van der Waals surface area (Å²) in [7, 11) is 0. The van der Waals surface area contributed by atoms with Crippen molar-refractivity contribution in [2.45, 2.75) is 82.0 Å². The number of aliphatic hydroxyl groups is 1. The maximum atomic E-state index is 14.3. The smallest absolute Gasteiger partial charge is 0.247 e. The maximum absolute atomic E-state index is 14.3. The second-order valence-electron chi connectivity index (χ2n) is 11.3. The molecule has 0 aromatic heterocycles. The van der Waals surface area contributed by atoms with Gasteiger partial charge in [-0.2, -0.15) is 0 Å². The van der Waals surface area contributed by atoms with Gasteiger partial charge in [-0.1, -0.05) is 26.0 Å². The van der Waals surface area contributed by atoms with Crippen LogP contribution in [0.1, 0.15) is 54.4 Å². The van der Waals surface area contributed by atoms with Gasteiger partial charge in [0.25, 0.3) is 0 Å². The molecule has 3 fully saturated rings. The highest BCUT2D eigenvalue weighted by atomic mass is 32.2. The molecule has 3 aliphatic heterocycles. The SMILES string of the molecule is C=CCN(CCC)C(=O)[C@@H]1[C@H]2C(=O)N([C@H](C)CO)C(C(=O)N(CC=C)C(C)(C)C)C23S[C@@H]1CC3C. The molecule has 3 heterocycles. The molecule has 35 heavy (non-hydrogen) atoms. The first-order valence-corrected chi connectivity index (χ1v) is 13.7. The molecule has 7 nitrogen and oxygen atoms in total. The molecule has 3 rings (SSSR count). The van der Waals surface area contributed by atoms with Gasteiger partial charge in [0.05, 0.1) is 29.2 Å². The molecule has 0 aromatic carbocycles. The average molecular weight is 506 g/mol. The number of thioether (sulfide) groups is 1. The molecule has 2 bridgehead atoms. The number of likely N-dealkylation sites (tertiary alicyclic amines) is 1. The molecule has 0 aromatic rings. The fourth-order valence-corrected chi connectivity index (χ4v) is 8.88. The fourth-order valence-electron chi connectivity index (χ4n) is 6.48. The Morgan fingerprint density at radius 3 is 2.40 bits per heavy atom. The third-order valence-electron chi connectivity index (χ3n) is 7.98. The van der Waals surface area contributed by atoms with Gasteiger partial charge in [-0.25, -0.2) is 0 Å². The van der Waals surface area contributed by atoms with Crippen molar-refractivity contribution in [2.75, 3.05) is 26.2 Å². The summed E-state index contributed by atoms with van der Waals surface area (Å²) in [6.07, 6.45) is 5.05. The molecule has 0 saturated carbocycles. The van der Waals surface area contributed by atoms with E-state index in [1.165, 1.54) is 0 Å². The van der Waals surface area contributed by atoms with Crippen LogP contribution < -0.4 is 0 Å². The minimum atomic E-state index is -0.733. The van der Waals surface area contributed by atoms with Crippen LogP contribution in [-0.2, 0) is 14.4 Å². The highest BCUT2D eigenvalue weighted by Gasteiger charge is 2.77. The molecule has 0 radical (unpaired) electrons. The zero-order chi connectivity index (χ0) is 26.3. The van der Waals surface area contributed by atoms with Crippen LogP contribution in [0.5, 0.6) is 0 Å². The molecule has 8 heteroatoms. The van der Waals surface area contributed by atoms with E-state index in [9.17, 15) is 19.5 Å². The van der Waals surface area contributed by atoms with Gasteiger partial charge in [0.15, 0.2) is 0 Å². The third kappa shape index (κ3) is 4.35. The van der Waals surface area contributed by atoms with Crippen molar-refractivity contribution in [3.05, 3.63) is 25.3 Å². The standard InChI is InChI=1S/C27H43N3O4S/c1-9-12-28(13-10-2)23(32)20-19-15-17(4)27(35-19)21(20)24(33)30(18(5)16-31)22(27)25(34)29(14-11-3)26(6,7)8/h9,11,17-22,31H,1,3,10,12-16H2,2,4-8H3/t17?,18-,19-,20+,21+,22?,27?/m1/s1. The van der Waals surface area contributed by atoms with Crippen molar-refractivity contribution in [1.29, 1.82) is 0 Å². The Morgan fingerprint density at radius 1 is 1.26 bits per heavy atom. The summed E-state index contributed by atoms with van der Waals surface area (Å²) in [5.74, 6) is -1.27. The first-order valence-electron chi connectivity index (χ1n) is 12.8. The molecule has 1 N–H and O–H groups in total. The topological polar surface area (TPSA) is 81.2 Å². The summed E-state index contributed by atoms with van der Waals surface area (Å²) in [5.41, 5.74) is -0.473. The molecular weight excluding hydrogens is 462 g/mol. The number of rotatable bonds is 10. The van der Waals surface area contributed by atoms with E-state index in [0.29, 0.717) is 19.6 Å². The van der Waals surface area contributed by atoms with Gasteiger partial charge in [-0.05, 0) is 46.5 Å². The summed E-state index contributed by atoms with van der Waals surface area (Å²) < 4.78 is -0.695. The Bertz CT molecular complexity index is 871. The Hall–Kier alpha value is -1.80. The molecule has 1 spiro atoms. The number of amides is 3. The van der Waals surface area contributed by atoms with Gasteiger partial charge in [-0.3, -0.25) is 14.4 Å². The second kappa shape index (κ2) is 10.3. The van der Waals surface area contributed by atoms with E-state index in [4.69, 9.17) is 0 Å². The van der Waals surface area contributed by atoms with Crippen molar-refractivity contribution in [3.63, 3.8) is 0 Å². The molecule has 3 unspecified atom stereocenters. The molecule has 3 saturated heterocycles. The lowest BCUT2D eigenvalue weighted by Crippen LogP contribution is -2.61. The number of fused-ring (bicyclic) bond motifs is 1. The normalized spacial score (nSPS) is 32.4. The number of hydrogen-bond donors (Lipinski definition) is 1. The Balaban J connectivity index is 2.13. The van der Waals surface area contributed by atoms with Crippen LogP contribution in [0.3, 0.4) is 0 Å². The lowest BCUT2D eigenvalue weighted by atomic mass is 9.65. The van der Waals surface area contributed by atoms with Crippen molar-refractivity contribution >= 4 is 29.5 Å². The van der Waals surface area contributed by atoms with Crippen molar-refractivity contribution in [2.24, 2.45) is 17.8 Å². The Kier molecular flexibility index (Phi) is 8.17. The van der Waals surface area contributed by atoms with Crippen molar-refractivity contribution in [1.82, 2.24) is 14.7 Å². The molecule has 7 atom stereocenters. The largest absolute Gasteiger partial charge is 0.394 e. The predicted molar refractivity (Wildman–Crippen MR) is 141 cm³/mol. The molecule has 3 amide bonds. The first kappa shape index (κ1) is 27.8. The highest BCUT2D eigenvalue weighted by molar-refractivity contribution is 8.02. The van der Waals surface area contributed by atoms with E-state index in [-0.39, 0.29) is 35.5 Å². The van der Waals surface area contributed by atoms with Gasteiger partial charge in [0, 0.05) is 30.4 Å². The number of nitrogens with zero attached hydrogens (tertiary/aromatic N) is 3. The lowest BCUT2D eigenvalue weighted by molar-refractivity contribution is -0.148. The maximum Gasteiger partial charge on any atom is 0.247 e. The second-order valence-corrected chi connectivity index (χ2v) is 12.9. The van der Waals surface area contributed by atoms with Crippen molar-refractivity contribution < 1.29 is 19.5 Å². The Labute approximate surface area is 215 Å². The van der Waals surface area contributed by atoms with Crippen molar-refractivity contribution in [3.8, 4) is 0 Å². The summed E-state index contributed by atoms with van der Waals surface area (Å²) in [4.78, 5) is 47.5. The highest BCUT2D eigenvalue weighted by Crippen LogP contribution is 2.69. The van der Waals surface area contributed by atoms with Crippen LogP contribution in [0.2, 0.25) is 0 Å². The van der Waals surface area contributed by atoms with Gasteiger partial charge >= 0.3 is 0 Å². The first-order chi connectivity index (χ1) is 16.4. The van der Waals surface area contributed by atoms with E-state index in [2.05, 4.69) is 20.1 Å². The summed E-state index contributed by atoms with van der Waals surface area (Å²) in [6.45, 7) is 20.7. The number of hydrogen-bond acceptors (Lipinski definition) is 5. The zero-order valence-electron chi connectivity index (χ0n) is 22.2. The van der Waals surface area contributed by atoms with Gasteiger partial charge in [-0.15, -0.1) is 24.9 Å². The van der Waals surface area contributed by atoms with E-state index < -0.39 is 34.2 Å². The minimum absolute atomic E-state index is 0.00000451. The van der Waals surface area contributed by atoms with Gasteiger partial charge < -0.3 is 19.8 Å². The monoisotopic (exact) mass is 505 g/mol. The Morgan fingerprint density at radius 2 is 1.89 bits per heavy atom. The molecular formula is C27H43N3O4S. The van der Waals surface area contributed by atoms with Crippen LogP contribution in [0.25, 0.3) is 0 Å². The number of carbonyl (C=O) groups excluding carboxylic acids is 3. The van der Waals surface area contributed by atoms with E-state index in [0.717, 1.165) is 12.8 Å². The quantitative estimate of drug-likeness (QED) is 0.462. The third-order valence-corrected chi connectivity index (χ3v) is 10.1. The van der Waals surface area contributed by atoms with Crippen LogP contribution in [0.4, 0.5) is 0 Å². The number of carbonyl (C=O) groups is 3. The predicted octanol–water partition coefficient (Wildman–Crippen LogP) is 2.94. The van der Waals surface area contributed by atoms with Crippen LogP contribution in [0, 0.1) is 17.8 Å². The minimum Gasteiger partial charge on any atom is -0.394 e. The van der Waals surface area contributed by atoms with Crippen LogP contribution in [-0.4, -0.2) is 91.4 Å². The average Bonchev–Trinajstić information content (AvgIpc) is 3.38. The summed E-state index contributed by atoms with van der Waals surface area (Å²) in [6, 6.07) is -1.26. The zero-order valence-corrected chi connectivity index (χ0v) is 23.0. The summed E-state index contributed by atoms with van der Waals surface area (Å²) >= 11 is 1.67. The van der Waals surface area contributed by atoms with E-state index in [1.54, 1.807) is 45.5 Å². The van der Waals surface area contributed by atoms with Crippen LogP contribution >= 0.6 is 11.8 Å². The molecule has 0 aliphatic carbocycles. The van der Waals surface area contributed by atoms with Crippen LogP contribution in [0.15, 0.2) is 25.3 Å². The molecule has 3 aliphatic rings. The van der Waals surface area contributed by atoms with Gasteiger partial charge in [0.2, 0.25) is 17.7 Å².